The highest BCUT2D eigenvalue weighted by Crippen LogP contribution is 2.28. The molecular formula is C18H24N4. The van der Waals surface area contributed by atoms with Gasteiger partial charge in [-0.3, -0.25) is 4.90 Å². The molecule has 2 unspecified atom stereocenters. The maximum absolute atomic E-state index is 8.96. The van der Waals surface area contributed by atoms with Crippen molar-refractivity contribution in [3.8, 4) is 6.07 Å². The number of likely N-dealkylation sites (tertiary alicyclic amines) is 1. The van der Waals surface area contributed by atoms with Crippen LogP contribution in [0.15, 0.2) is 24.3 Å². The molecular weight excluding hydrogens is 272 g/mol. The van der Waals surface area contributed by atoms with Crippen molar-refractivity contribution in [2.45, 2.75) is 45.7 Å². The molecule has 1 aromatic carbocycles. The van der Waals surface area contributed by atoms with Gasteiger partial charge in [0.05, 0.1) is 29.6 Å². The Labute approximate surface area is 132 Å². The summed E-state index contributed by atoms with van der Waals surface area (Å²) in [4.78, 5) is 7.42. The number of nitrogens with zero attached hydrogens (tertiary/aromatic N) is 4. The van der Waals surface area contributed by atoms with Crippen molar-refractivity contribution in [1.29, 1.82) is 5.26 Å². The molecule has 0 N–H and O–H groups in total. The Hall–Kier alpha value is -1.86. The first-order chi connectivity index (χ1) is 10.7. The maximum atomic E-state index is 8.96. The average molecular weight is 296 g/mol. The van der Waals surface area contributed by atoms with Gasteiger partial charge in [-0.2, -0.15) is 5.26 Å². The summed E-state index contributed by atoms with van der Waals surface area (Å²) in [7, 11) is 0. The van der Waals surface area contributed by atoms with Crippen LogP contribution in [-0.2, 0) is 6.54 Å². The van der Waals surface area contributed by atoms with Gasteiger partial charge in [0.25, 0.3) is 0 Å². The fourth-order valence-corrected chi connectivity index (χ4v) is 3.55. The van der Waals surface area contributed by atoms with Gasteiger partial charge in [0, 0.05) is 13.1 Å². The molecule has 0 spiro atoms. The Balaban J connectivity index is 1.96. The molecule has 3 rings (SSSR count). The number of hydrogen-bond donors (Lipinski definition) is 0. The van der Waals surface area contributed by atoms with Crippen molar-refractivity contribution < 1.29 is 0 Å². The van der Waals surface area contributed by atoms with Crippen molar-refractivity contribution >= 4 is 11.0 Å². The lowest BCUT2D eigenvalue weighted by molar-refractivity contribution is 0.132. The second-order valence-corrected chi connectivity index (χ2v) is 6.44. The van der Waals surface area contributed by atoms with Crippen molar-refractivity contribution in [3.63, 3.8) is 0 Å². The highest BCUT2D eigenvalue weighted by Gasteiger charge is 2.25. The SMILES string of the molecule is CC1CCCN(C(C)c2nc3ccccc3n2CCC#N)C1. The van der Waals surface area contributed by atoms with Crippen LogP contribution in [0.5, 0.6) is 0 Å². The fraction of sp³-hybridized carbons (Fsp3) is 0.556. The van der Waals surface area contributed by atoms with Crippen molar-refractivity contribution in [3.05, 3.63) is 30.1 Å². The van der Waals surface area contributed by atoms with E-state index in [1.165, 1.54) is 12.8 Å². The second kappa shape index (κ2) is 6.50. The molecule has 4 heteroatoms. The van der Waals surface area contributed by atoms with Crippen LogP contribution in [0.25, 0.3) is 11.0 Å². The van der Waals surface area contributed by atoms with Gasteiger partial charge in [-0.15, -0.1) is 0 Å². The summed E-state index contributed by atoms with van der Waals surface area (Å²) in [5.41, 5.74) is 2.18. The van der Waals surface area contributed by atoms with Crippen molar-refractivity contribution in [2.24, 2.45) is 5.92 Å². The van der Waals surface area contributed by atoms with E-state index in [-0.39, 0.29) is 0 Å². The van der Waals surface area contributed by atoms with Gasteiger partial charge in [-0.05, 0) is 44.4 Å². The Morgan fingerprint density at radius 2 is 2.23 bits per heavy atom. The van der Waals surface area contributed by atoms with Crippen LogP contribution in [0.2, 0.25) is 0 Å². The van der Waals surface area contributed by atoms with Crippen molar-refractivity contribution in [1.82, 2.24) is 14.5 Å². The van der Waals surface area contributed by atoms with Crippen molar-refractivity contribution in [2.75, 3.05) is 13.1 Å². The van der Waals surface area contributed by atoms with E-state index in [1.54, 1.807) is 0 Å². The van der Waals surface area contributed by atoms with E-state index in [2.05, 4.69) is 41.5 Å². The molecule has 4 nitrogen and oxygen atoms in total. The van der Waals surface area contributed by atoms with Gasteiger partial charge in [0.1, 0.15) is 5.82 Å². The molecule has 1 saturated heterocycles. The van der Waals surface area contributed by atoms with Crippen LogP contribution in [-0.4, -0.2) is 27.5 Å². The first kappa shape index (κ1) is 15.1. The summed E-state index contributed by atoms with van der Waals surface area (Å²) >= 11 is 0. The fourth-order valence-electron chi connectivity index (χ4n) is 3.55. The van der Waals surface area contributed by atoms with E-state index in [1.807, 2.05) is 12.1 Å². The summed E-state index contributed by atoms with van der Waals surface area (Å²) in [5.74, 6) is 1.86. The Kier molecular flexibility index (Phi) is 4.44. The smallest absolute Gasteiger partial charge is 0.127 e. The predicted octanol–water partition coefficient (Wildman–Crippen LogP) is 3.74. The van der Waals surface area contributed by atoms with Gasteiger partial charge in [0.15, 0.2) is 0 Å². The normalized spacial score (nSPS) is 20.9. The second-order valence-electron chi connectivity index (χ2n) is 6.44. The molecule has 0 saturated carbocycles. The molecule has 116 valence electrons. The van der Waals surface area contributed by atoms with Crippen LogP contribution < -0.4 is 0 Å². The van der Waals surface area contributed by atoms with Gasteiger partial charge in [-0.1, -0.05) is 19.1 Å². The zero-order chi connectivity index (χ0) is 15.5. The molecule has 22 heavy (non-hydrogen) atoms. The van der Waals surface area contributed by atoms with Crippen LogP contribution in [0.3, 0.4) is 0 Å². The number of aryl methyl sites for hydroxylation is 1. The third-order valence-corrected chi connectivity index (χ3v) is 4.74. The molecule has 0 radical (unpaired) electrons. The Morgan fingerprint density at radius 1 is 1.41 bits per heavy atom. The predicted molar refractivity (Wildman–Crippen MR) is 88.3 cm³/mol. The third kappa shape index (κ3) is 2.86. The van der Waals surface area contributed by atoms with E-state index in [0.29, 0.717) is 12.5 Å². The number of aromatic nitrogens is 2. The van der Waals surface area contributed by atoms with Crippen LogP contribution in [0.4, 0.5) is 0 Å². The summed E-state index contributed by atoms with van der Waals surface area (Å²) in [6.45, 7) is 7.59. The molecule has 0 aliphatic carbocycles. The van der Waals surface area contributed by atoms with Crippen LogP contribution in [0.1, 0.15) is 45.0 Å². The van der Waals surface area contributed by atoms with Crippen LogP contribution in [0, 0.1) is 17.2 Å². The van der Waals surface area contributed by atoms with E-state index in [0.717, 1.165) is 42.4 Å². The zero-order valence-corrected chi connectivity index (χ0v) is 13.5. The van der Waals surface area contributed by atoms with Gasteiger partial charge < -0.3 is 4.57 Å². The first-order valence-corrected chi connectivity index (χ1v) is 8.27. The van der Waals surface area contributed by atoms with Gasteiger partial charge >= 0.3 is 0 Å². The lowest BCUT2D eigenvalue weighted by Gasteiger charge is -2.35. The molecule has 1 fully saturated rings. The minimum Gasteiger partial charge on any atom is -0.326 e. The number of piperidine rings is 1. The quantitative estimate of drug-likeness (QED) is 0.863. The number of benzene rings is 1. The zero-order valence-electron chi connectivity index (χ0n) is 13.5. The number of fused-ring (bicyclic) bond motifs is 1. The van der Waals surface area contributed by atoms with E-state index < -0.39 is 0 Å². The molecule has 2 atom stereocenters. The number of imidazole rings is 1. The lowest BCUT2D eigenvalue weighted by Crippen LogP contribution is -2.37. The standard InChI is InChI=1S/C18H24N4/c1-14-7-5-11-21(13-14)15(2)18-20-16-8-3-4-9-17(16)22(18)12-6-10-19/h3-4,8-9,14-15H,5-7,11-13H2,1-2H3. The van der Waals surface area contributed by atoms with E-state index in [4.69, 9.17) is 10.2 Å². The van der Waals surface area contributed by atoms with E-state index in [9.17, 15) is 0 Å². The topological polar surface area (TPSA) is 44.9 Å². The number of nitriles is 1. The Morgan fingerprint density at radius 3 is 3.00 bits per heavy atom. The average Bonchev–Trinajstić information content (AvgIpc) is 2.90. The summed E-state index contributed by atoms with van der Waals surface area (Å²) in [6.07, 6.45) is 3.12. The molecule has 2 aromatic rings. The lowest BCUT2D eigenvalue weighted by atomic mass is 9.99. The van der Waals surface area contributed by atoms with Crippen LogP contribution >= 0.6 is 0 Å². The molecule has 0 bridgehead atoms. The molecule has 1 aliphatic heterocycles. The maximum Gasteiger partial charge on any atom is 0.127 e. The Bertz CT molecular complexity index is 682. The highest BCUT2D eigenvalue weighted by atomic mass is 15.2. The summed E-state index contributed by atoms with van der Waals surface area (Å²) in [6, 6.07) is 10.8. The summed E-state index contributed by atoms with van der Waals surface area (Å²) in [5, 5.41) is 8.96. The minimum atomic E-state index is 0.300. The molecule has 1 aliphatic rings. The number of rotatable bonds is 4. The van der Waals surface area contributed by atoms with Gasteiger partial charge in [0.2, 0.25) is 0 Å². The number of hydrogen-bond acceptors (Lipinski definition) is 3. The third-order valence-electron chi connectivity index (χ3n) is 4.74. The highest BCUT2D eigenvalue weighted by molar-refractivity contribution is 5.76. The van der Waals surface area contributed by atoms with Gasteiger partial charge in [-0.25, -0.2) is 4.98 Å². The largest absolute Gasteiger partial charge is 0.326 e. The van der Waals surface area contributed by atoms with E-state index >= 15 is 0 Å². The summed E-state index contributed by atoms with van der Waals surface area (Å²) < 4.78 is 2.24. The monoisotopic (exact) mass is 296 g/mol. The molecule has 1 aromatic heterocycles. The first-order valence-electron chi connectivity index (χ1n) is 8.27. The molecule has 2 heterocycles. The molecule has 0 amide bonds. The minimum absolute atomic E-state index is 0.300. The number of para-hydroxylation sites is 2.